The Bertz CT molecular complexity index is 387. The summed E-state index contributed by atoms with van der Waals surface area (Å²) in [5.41, 5.74) is 3.03. The molecule has 1 aliphatic rings. The van der Waals surface area contributed by atoms with Crippen molar-refractivity contribution in [3.63, 3.8) is 0 Å². The molecule has 2 nitrogen and oxygen atoms in total. The van der Waals surface area contributed by atoms with E-state index in [-0.39, 0.29) is 5.41 Å². The number of anilines is 1. The summed E-state index contributed by atoms with van der Waals surface area (Å²) < 4.78 is 0. The van der Waals surface area contributed by atoms with Gasteiger partial charge in [-0.15, -0.1) is 0 Å². The topological polar surface area (TPSA) is 15.3 Å². The van der Waals surface area contributed by atoms with E-state index in [1.165, 1.54) is 24.1 Å². The quantitative estimate of drug-likeness (QED) is 0.894. The molecule has 2 heteroatoms. The summed E-state index contributed by atoms with van der Waals surface area (Å²) in [7, 11) is 0. The van der Waals surface area contributed by atoms with E-state index in [1.54, 1.807) is 0 Å². The molecule has 0 aliphatic carbocycles. The molecule has 1 saturated heterocycles. The molecular formula is C17H28N2. The van der Waals surface area contributed by atoms with Gasteiger partial charge in [0.05, 0.1) is 0 Å². The molecule has 0 radical (unpaired) electrons. The molecule has 2 rings (SSSR count). The lowest BCUT2D eigenvalue weighted by atomic mass is 9.87. The van der Waals surface area contributed by atoms with E-state index < -0.39 is 0 Å². The molecule has 1 aromatic rings. The summed E-state index contributed by atoms with van der Waals surface area (Å²) in [6.07, 6.45) is 2.53. The molecule has 0 spiro atoms. The van der Waals surface area contributed by atoms with Crippen LogP contribution < -0.4 is 10.2 Å². The minimum Gasteiger partial charge on any atom is -0.369 e. The van der Waals surface area contributed by atoms with E-state index in [0.29, 0.717) is 6.04 Å². The zero-order valence-electron chi connectivity index (χ0n) is 12.9. The third-order valence-electron chi connectivity index (χ3n) is 3.99. The van der Waals surface area contributed by atoms with Crippen LogP contribution in [0.3, 0.4) is 0 Å². The minimum atomic E-state index is 0.243. The molecule has 19 heavy (non-hydrogen) atoms. The van der Waals surface area contributed by atoms with Crippen molar-refractivity contribution in [2.45, 2.75) is 52.0 Å². The summed E-state index contributed by atoms with van der Waals surface area (Å²) in [4.78, 5) is 2.52. The highest BCUT2D eigenvalue weighted by Crippen LogP contribution is 2.25. The normalized spacial score (nSPS) is 20.6. The Morgan fingerprint density at radius 3 is 2.47 bits per heavy atom. The van der Waals surface area contributed by atoms with Gasteiger partial charge in [0, 0.05) is 31.4 Å². The lowest BCUT2D eigenvalue weighted by molar-refractivity contribution is 0.431. The highest BCUT2D eigenvalue weighted by molar-refractivity contribution is 5.49. The predicted octanol–water partition coefficient (Wildman–Crippen LogP) is 3.56. The predicted molar refractivity (Wildman–Crippen MR) is 84.1 cm³/mol. The van der Waals surface area contributed by atoms with Gasteiger partial charge in [0.2, 0.25) is 0 Å². The second-order valence-corrected chi connectivity index (χ2v) is 6.68. The number of benzene rings is 1. The molecule has 1 atom stereocenters. The SMILES string of the molecule is CCCC1CN(c2ccc(C(C)(C)C)cc2)CCN1. The van der Waals surface area contributed by atoms with E-state index in [9.17, 15) is 0 Å². The maximum Gasteiger partial charge on any atom is 0.0367 e. The fraction of sp³-hybridized carbons (Fsp3) is 0.647. The number of hydrogen-bond donors (Lipinski definition) is 1. The second-order valence-electron chi connectivity index (χ2n) is 6.68. The van der Waals surface area contributed by atoms with Crippen LogP contribution in [0.15, 0.2) is 24.3 Å². The van der Waals surface area contributed by atoms with Crippen molar-refractivity contribution in [2.75, 3.05) is 24.5 Å². The summed E-state index contributed by atoms with van der Waals surface area (Å²) in [5.74, 6) is 0. The van der Waals surface area contributed by atoms with Gasteiger partial charge in [0.25, 0.3) is 0 Å². The van der Waals surface area contributed by atoms with Crippen LogP contribution in [0.1, 0.15) is 46.1 Å². The summed E-state index contributed by atoms with van der Waals surface area (Å²) in [6.45, 7) is 12.4. The smallest absolute Gasteiger partial charge is 0.0367 e. The summed E-state index contributed by atoms with van der Waals surface area (Å²) in [6, 6.07) is 9.79. The summed E-state index contributed by atoms with van der Waals surface area (Å²) >= 11 is 0. The van der Waals surface area contributed by atoms with Crippen molar-refractivity contribution in [1.29, 1.82) is 0 Å². The van der Waals surface area contributed by atoms with Gasteiger partial charge in [-0.05, 0) is 29.5 Å². The summed E-state index contributed by atoms with van der Waals surface area (Å²) in [5, 5.41) is 3.61. The monoisotopic (exact) mass is 260 g/mol. The van der Waals surface area contributed by atoms with E-state index >= 15 is 0 Å². The Balaban J connectivity index is 2.05. The Hall–Kier alpha value is -1.02. The van der Waals surface area contributed by atoms with Gasteiger partial charge in [-0.25, -0.2) is 0 Å². The van der Waals surface area contributed by atoms with Crippen molar-refractivity contribution < 1.29 is 0 Å². The molecule has 1 aliphatic heterocycles. The minimum absolute atomic E-state index is 0.243. The van der Waals surface area contributed by atoms with E-state index in [0.717, 1.165) is 19.6 Å². The maximum absolute atomic E-state index is 3.61. The number of piperazine rings is 1. The Kier molecular flexibility index (Phi) is 4.51. The molecule has 1 aromatic carbocycles. The van der Waals surface area contributed by atoms with E-state index in [2.05, 4.69) is 62.2 Å². The highest BCUT2D eigenvalue weighted by Gasteiger charge is 2.19. The maximum atomic E-state index is 3.61. The molecule has 0 amide bonds. The number of hydrogen-bond acceptors (Lipinski definition) is 2. The van der Waals surface area contributed by atoms with Crippen molar-refractivity contribution in [3.8, 4) is 0 Å². The van der Waals surface area contributed by atoms with Crippen LogP contribution in [-0.2, 0) is 5.41 Å². The molecular weight excluding hydrogens is 232 g/mol. The van der Waals surface area contributed by atoms with Crippen LogP contribution in [0.2, 0.25) is 0 Å². The molecule has 106 valence electrons. The first kappa shape index (κ1) is 14.4. The second kappa shape index (κ2) is 5.96. The van der Waals surface area contributed by atoms with Crippen LogP contribution >= 0.6 is 0 Å². The molecule has 0 saturated carbocycles. The van der Waals surface area contributed by atoms with Gasteiger partial charge in [-0.2, -0.15) is 0 Å². The first-order valence-electron chi connectivity index (χ1n) is 7.59. The molecule has 0 aromatic heterocycles. The molecule has 1 heterocycles. The zero-order chi connectivity index (χ0) is 13.9. The lowest BCUT2D eigenvalue weighted by Crippen LogP contribution is -2.50. The average Bonchev–Trinajstić information content (AvgIpc) is 2.39. The largest absolute Gasteiger partial charge is 0.369 e. The average molecular weight is 260 g/mol. The van der Waals surface area contributed by atoms with Gasteiger partial charge in [-0.1, -0.05) is 46.2 Å². The first-order chi connectivity index (χ1) is 9.00. The van der Waals surface area contributed by atoms with Gasteiger partial charge in [-0.3, -0.25) is 0 Å². The molecule has 1 fully saturated rings. The van der Waals surface area contributed by atoms with Crippen molar-refractivity contribution in [1.82, 2.24) is 5.32 Å². The number of rotatable bonds is 3. The lowest BCUT2D eigenvalue weighted by Gasteiger charge is -2.35. The Morgan fingerprint density at radius 2 is 1.89 bits per heavy atom. The van der Waals surface area contributed by atoms with Crippen molar-refractivity contribution >= 4 is 5.69 Å². The van der Waals surface area contributed by atoms with Gasteiger partial charge in [0.15, 0.2) is 0 Å². The molecule has 1 unspecified atom stereocenters. The highest BCUT2D eigenvalue weighted by atomic mass is 15.2. The van der Waals surface area contributed by atoms with Gasteiger partial charge >= 0.3 is 0 Å². The standard InChI is InChI=1S/C17H28N2/c1-5-6-15-13-19(12-11-18-15)16-9-7-14(8-10-16)17(2,3)4/h7-10,15,18H,5-6,11-13H2,1-4H3. The van der Waals surface area contributed by atoms with Crippen molar-refractivity contribution in [3.05, 3.63) is 29.8 Å². The third-order valence-corrected chi connectivity index (χ3v) is 3.99. The van der Waals surface area contributed by atoms with E-state index in [1.807, 2.05) is 0 Å². The van der Waals surface area contributed by atoms with Crippen LogP contribution in [0.25, 0.3) is 0 Å². The Labute approximate surface area is 118 Å². The zero-order valence-corrected chi connectivity index (χ0v) is 12.9. The number of nitrogens with zero attached hydrogens (tertiary/aromatic N) is 1. The molecule has 0 bridgehead atoms. The van der Waals surface area contributed by atoms with Crippen LogP contribution in [0, 0.1) is 0 Å². The fourth-order valence-electron chi connectivity index (χ4n) is 2.77. The Morgan fingerprint density at radius 1 is 1.21 bits per heavy atom. The van der Waals surface area contributed by atoms with E-state index in [4.69, 9.17) is 0 Å². The van der Waals surface area contributed by atoms with Crippen LogP contribution in [0.5, 0.6) is 0 Å². The number of nitrogens with one attached hydrogen (secondary N) is 1. The van der Waals surface area contributed by atoms with Crippen LogP contribution in [-0.4, -0.2) is 25.7 Å². The third kappa shape index (κ3) is 3.73. The van der Waals surface area contributed by atoms with Gasteiger partial charge < -0.3 is 10.2 Å². The van der Waals surface area contributed by atoms with Gasteiger partial charge in [0.1, 0.15) is 0 Å². The van der Waals surface area contributed by atoms with Crippen LogP contribution in [0.4, 0.5) is 5.69 Å². The molecule has 1 N–H and O–H groups in total. The first-order valence-corrected chi connectivity index (χ1v) is 7.59. The fourth-order valence-corrected chi connectivity index (χ4v) is 2.77. The van der Waals surface area contributed by atoms with Crippen molar-refractivity contribution in [2.24, 2.45) is 0 Å².